The van der Waals surface area contributed by atoms with E-state index in [4.69, 9.17) is 9.84 Å². The fraction of sp³-hybridized carbons (Fsp3) is 0.467. The number of carbonyl (C=O) groups excluding carboxylic acids is 1. The van der Waals surface area contributed by atoms with Crippen LogP contribution in [-0.2, 0) is 16.1 Å². The van der Waals surface area contributed by atoms with Crippen molar-refractivity contribution in [1.29, 1.82) is 0 Å². The van der Waals surface area contributed by atoms with Crippen LogP contribution in [0.2, 0.25) is 0 Å². The predicted molar refractivity (Wildman–Crippen MR) is 78.1 cm³/mol. The van der Waals surface area contributed by atoms with Crippen LogP contribution in [0.1, 0.15) is 18.9 Å². The summed E-state index contributed by atoms with van der Waals surface area (Å²) >= 11 is 0. The highest BCUT2D eigenvalue weighted by atomic mass is 16.5. The zero-order valence-electron chi connectivity index (χ0n) is 12.4. The van der Waals surface area contributed by atoms with E-state index in [2.05, 4.69) is 5.32 Å². The minimum Gasteiger partial charge on any atom is -0.480 e. The average Bonchev–Trinajstić information content (AvgIpc) is 2.53. The summed E-state index contributed by atoms with van der Waals surface area (Å²) in [5, 5.41) is 29.8. The number of benzene rings is 1. The largest absolute Gasteiger partial charge is 0.480 e. The Balaban J connectivity index is 2.56. The molecule has 0 aliphatic heterocycles. The molecule has 1 rings (SSSR count). The maximum atomic E-state index is 11.7. The monoisotopic (exact) mass is 311 g/mol. The molecule has 1 unspecified atom stereocenters. The van der Waals surface area contributed by atoms with E-state index in [9.17, 15) is 19.8 Å². The van der Waals surface area contributed by atoms with Gasteiger partial charge in [-0.25, -0.2) is 9.59 Å². The molecular weight excluding hydrogens is 290 g/mol. The Morgan fingerprint density at radius 3 is 2.32 bits per heavy atom. The first-order valence-electron chi connectivity index (χ1n) is 6.82. The van der Waals surface area contributed by atoms with Crippen LogP contribution in [0.3, 0.4) is 0 Å². The van der Waals surface area contributed by atoms with E-state index >= 15 is 0 Å². The summed E-state index contributed by atoms with van der Waals surface area (Å²) in [4.78, 5) is 22.9. The van der Waals surface area contributed by atoms with E-state index in [-0.39, 0.29) is 13.0 Å². The van der Waals surface area contributed by atoms with E-state index in [1.54, 1.807) is 24.3 Å². The third-order valence-corrected chi connectivity index (χ3v) is 3.26. The van der Waals surface area contributed by atoms with E-state index in [0.717, 1.165) is 5.56 Å². The van der Waals surface area contributed by atoms with Gasteiger partial charge in [-0.1, -0.05) is 37.3 Å². The maximum absolute atomic E-state index is 11.7. The number of carbonyl (C=O) groups is 2. The second-order valence-electron chi connectivity index (χ2n) is 5.43. The number of ether oxygens (including phenoxy) is 1. The molecule has 0 aromatic heterocycles. The first kappa shape index (κ1) is 17.9. The molecule has 0 fully saturated rings. The number of rotatable bonds is 8. The van der Waals surface area contributed by atoms with Crippen molar-refractivity contribution in [3.05, 3.63) is 35.9 Å². The lowest BCUT2D eigenvalue weighted by Gasteiger charge is -2.28. The first-order chi connectivity index (χ1) is 10.4. The standard InChI is InChI=1S/C15H21NO6/c1-15(9-17,10-18)7-12(13(19)20)16-14(21)22-8-11-5-3-2-4-6-11/h2-6,12,17-18H,7-10H2,1H3,(H,16,21)(H,19,20). The molecule has 0 bridgehead atoms. The van der Waals surface area contributed by atoms with Gasteiger partial charge in [0.05, 0.1) is 13.2 Å². The smallest absolute Gasteiger partial charge is 0.408 e. The van der Waals surface area contributed by atoms with Crippen molar-refractivity contribution in [2.75, 3.05) is 13.2 Å². The number of hydrogen-bond acceptors (Lipinski definition) is 5. The Kier molecular flexibility index (Phi) is 6.81. The van der Waals surface area contributed by atoms with Gasteiger partial charge >= 0.3 is 12.1 Å². The lowest BCUT2D eigenvalue weighted by Crippen LogP contribution is -2.45. The second-order valence-corrected chi connectivity index (χ2v) is 5.43. The van der Waals surface area contributed by atoms with Crippen LogP contribution in [0.15, 0.2) is 30.3 Å². The molecule has 4 N–H and O–H groups in total. The van der Waals surface area contributed by atoms with Crippen molar-refractivity contribution >= 4 is 12.1 Å². The summed E-state index contributed by atoms with van der Waals surface area (Å²) in [6.07, 6.45) is -0.982. The first-order valence-corrected chi connectivity index (χ1v) is 6.82. The highest BCUT2D eigenvalue weighted by Gasteiger charge is 2.32. The van der Waals surface area contributed by atoms with Gasteiger partial charge in [0.1, 0.15) is 12.6 Å². The van der Waals surface area contributed by atoms with Gasteiger partial charge in [0.25, 0.3) is 0 Å². The number of aliphatic carboxylic acids is 1. The summed E-state index contributed by atoms with van der Waals surface area (Å²) in [5.41, 5.74) is -0.226. The summed E-state index contributed by atoms with van der Waals surface area (Å²) in [6.45, 7) is 0.762. The van der Waals surface area contributed by atoms with Crippen LogP contribution in [0, 0.1) is 5.41 Å². The Hall–Kier alpha value is -2.12. The van der Waals surface area contributed by atoms with Crippen LogP contribution in [0.5, 0.6) is 0 Å². The summed E-state index contributed by atoms with van der Waals surface area (Å²) in [7, 11) is 0. The highest BCUT2D eigenvalue weighted by molar-refractivity contribution is 5.79. The highest BCUT2D eigenvalue weighted by Crippen LogP contribution is 2.22. The Labute approximate surface area is 128 Å². The van der Waals surface area contributed by atoms with Crippen LogP contribution in [-0.4, -0.2) is 46.6 Å². The van der Waals surface area contributed by atoms with Gasteiger partial charge in [0, 0.05) is 5.41 Å². The topological polar surface area (TPSA) is 116 Å². The zero-order chi connectivity index (χ0) is 16.6. The van der Waals surface area contributed by atoms with Gasteiger partial charge < -0.3 is 25.4 Å². The molecule has 22 heavy (non-hydrogen) atoms. The van der Waals surface area contributed by atoms with Gasteiger partial charge in [0.15, 0.2) is 0 Å². The van der Waals surface area contributed by atoms with Gasteiger partial charge in [-0.15, -0.1) is 0 Å². The van der Waals surface area contributed by atoms with Crippen molar-refractivity contribution < 1.29 is 29.6 Å². The molecule has 122 valence electrons. The fourth-order valence-corrected chi connectivity index (χ4v) is 1.78. The van der Waals surface area contributed by atoms with Gasteiger partial charge in [-0.3, -0.25) is 0 Å². The number of alkyl carbamates (subject to hydrolysis) is 1. The molecule has 0 spiro atoms. The zero-order valence-corrected chi connectivity index (χ0v) is 12.4. The Morgan fingerprint density at radius 2 is 1.82 bits per heavy atom. The van der Waals surface area contributed by atoms with Crippen LogP contribution in [0.4, 0.5) is 4.79 Å². The normalized spacial score (nSPS) is 12.5. The Morgan fingerprint density at radius 1 is 1.23 bits per heavy atom. The van der Waals surface area contributed by atoms with Gasteiger partial charge in [0.2, 0.25) is 0 Å². The molecule has 0 saturated heterocycles. The molecule has 1 aromatic carbocycles. The fourth-order valence-electron chi connectivity index (χ4n) is 1.78. The van der Waals surface area contributed by atoms with E-state index < -0.39 is 36.7 Å². The number of aliphatic hydroxyl groups excluding tert-OH is 2. The molecule has 0 saturated carbocycles. The molecule has 1 aromatic rings. The molecule has 0 aliphatic rings. The van der Waals surface area contributed by atoms with Crippen molar-refractivity contribution in [3.8, 4) is 0 Å². The summed E-state index contributed by atoms with van der Waals surface area (Å²) < 4.78 is 4.95. The molecule has 7 nitrogen and oxygen atoms in total. The van der Waals surface area contributed by atoms with Crippen LogP contribution in [0.25, 0.3) is 0 Å². The number of carboxylic acid groups (broad SMARTS) is 1. The number of nitrogens with one attached hydrogen (secondary N) is 1. The molecular formula is C15H21NO6. The van der Waals surface area contributed by atoms with E-state index in [1.165, 1.54) is 6.92 Å². The minimum absolute atomic E-state index is 0.0241. The van der Waals surface area contributed by atoms with Crippen molar-refractivity contribution in [2.24, 2.45) is 5.41 Å². The second kappa shape index (κ2) is 8.35. The number of hydrogen-bond donors (Lipinski definition) is 4. The lowest BCUT2D eigenvalue weighted by atomic mass is 9.85. The molecule has 0 radical (unpaired) electrons. The van der Waals surface area contributed by atoms with Gasteiger partial charge in [-0.2, -0.15) is 0 Å². The summed E-state index contributed by atoms with van der Waals surface area (Å²) in [5.74, 6) is -1.26. The minimum atomic E-state index is -1.26. The maximum Gasteiger partial charge on any atom is 0.408 e. The molecule has 1 atom stereocenters. The SMILES string of the molecule is CC(CO)(CO)CC(NC(=O)OCc1ccccc1)C(=O)O. The van der Waals surface area contributed by atoms with E-state index in [0.29, 0.717) is 0 Å². The third kappa shape index (κ3) is 5.71. The van der Waals surface area contributed by atoms with Gasteiger partial charge in [-0.05, 0) is 12.0 Å². The number of aliphatic hydroxyl groups is 2. The van der Waals surface area contributed by atoms with Crippen molar-refractivity contribution in [1.82, 2.24) is 5.32 Å². The van der Waals surface area contributed by atoms with Crippen molar-refractivity contribution in [2.45, 2.75) is 26.0 Å². The predicted octanol–water partition coefficient (Wildman–Crippen LogP) is 0.747. The average molecular weight is 311 g/mol. The quantitative estimate of drug-likeness (QED) is 0.563. The molecule has 7 heteroatoms. The summed E-state index contributed by atoms with van der Waals surface area (Å²) in [6, 6.07) is 7.71. The van der Waals surface area contributed by atoms with Crippen molar-refractivity contribution in [3.63, 3.8) is 0 Å². The molecule has 0 aliphatic carbocycles. The number of amides is 1. The number of carboxylic acids is 1. The lowest BCUT2D eigenvalue weighted by molar-refractivity contribution is -0.140. The van der Waals surface area contributed by atoms with Crippen LogP contribution < -0.4 is 5.32 Å². The third-order valence-electron chi connectivity index (χ3n) is 3.26. The molecule has 1 amide bonds. The van der Waals surface area contributed by atoms with E-state index in [1.807, 2.05) is 6.07 Å². The molecule has 0 heterocycles. The Bertz CT molecular complexity index is 486. The van der Waals surface area contributed by atoms with Crippen LogP contribution >= 0.6 is 0 Å².